The van der Waals surface area contributed by atoms with Crippen molar-refractivity contribution in [2.75, 3.05) is 42.1 Å². The van der Waals surface area contributed by atoms with Crippen molar-refractivity contribution in [3.05, 3.63) is 54.1 Å². The van der Waals surface area contributed by atoms with Crippen LogP contribution in [0.4, 0.5) is 16.2 Å². The Morgan fingerprint density at radius 3 is 2.06 bits per heavy atom. The number of sulfone groups is 1. The third-order valence-electron chi connectivity index (χ3n) is 5.47. The number of carbonyl (C=O) groups excluding carboxylic acids is 2. The Morgan fingerprint density at radius 1 is 0.941 bits per heavy atom. The van der Waals surface area contributed by atoms with Crippen molar-refractivity contribution < 1.29 is 22.7 Å². The second-order valence-corrected chi connectivity index (χ2v) is 11.6. The highest BCUT2D eigenvalue weighted by atomic mass is 32.2. The number of rotatable bonds is 6. The lowest BCUT2D eigenvalue weighted by Crippen LogP contribution is -2.50. The Hall–Kier alpha value is -3.07. The topological polar surface area (TPSA) is 96.0 Å². The minimum Gasteiger partial charge on any atom is -0.444 e. The predicted molar refractivity (Wildman–Crippen MR) is 133 cm³/mol. The lowest BCUT2D eigenvalue weighted by atomic mass is 10.1. The summed E-state index contributed by atoms with van der Waals surface area (Å²) in [5, 5.41) is 2.88. The highest BCUT2D eigenvalue weighted by molar-refractivity contribution is 7.91. The van der Waals surface area contributed by atoms with Gasteiger partial charge in [-0.3, -0.25) is 4.79 Å². The minimum atomic E-state index is -3.25. The van der Waals surface area contributed by atoms with Gasteiger partial charge in [-0.1, -0.05) is 19.1 Å². The van der Waals surface area contributed by atoms with E-state index in [1.54, 1.807) is 36.1 Å². The van der Waals surface area contributed by atoms with Gasteiger partial charge in [0.2, 0.25) is 5.91 Å². The van der Waals surface area contributed by atoms with Gasteiger partial charge in [0.25, 0.3) is 0 Å². The molecule has 1 N–H and O–H groups in total. The first-order valence-corrected chi connectivity index (χ1v) is 13.1. The van der Waals surface area contributed by atoms with Crippen LogP contribution in [0.3, 0.4) is 0 Å². The number of hydrogen-bond donors (Lipinski definition) is 1. The lowest BCUT2D eigenvalue weighted by Gasteiger charge is -2.36. The minimum absolute atomic E-state index is 0.0439. The third-order valence-corrected chi connectivity index (χ3v) is 7.23. The number of amides is 2. The third kappa shape index (κ3) is 6.96. The van der Waals surface area contributed by atoms with Crippen molar-refractivity contribution in [3.8, 4) is 0 Å². The van der Waals surface area contributed by atoms with Crippen LogP contribution in [-0.4, -0.2) is 62.9 Å². The number of carbonyl (C=O) groups is 2. The predicted octanol–water partition coefficient (Wildman–Crippen LogP) is 3.72. The summed E-state index contributed by atoms with van der Waals surface area (Å²) in [5.41, 5.74) is 1.95. The summed E-state index contributed by atoms with van der Waals surface area (Å²) in [5.74, 6) is -0.132. The molecule has 0 aliphatic carbocycles. The molecule has 34 heavy (non-hydrogen) atoms. The zero-order chi connectivity index (χ0) is 24.9. The summed E-state index contributed by atoms with van der Waals surface area (Å²) in [6.45, 7) is 9.76. The van der Waals surface area contributed by atoms with Crippen LogP contribution in [0.5, 0.6) is 0 Å². The first-order valence-electron chi connectivity index (χ1n) is 11.4. The highest BCUT2D eigenvalue weighted by Crippen LogP contribution is 2.21. The van der Waals surface area contributed by atoms with Crippen LogP contribution in [0, 0.1) is 0 Å². The molecule has 0 unspecified atom stereocenters. The fraction of sp³-hybridized carbons (Fsp3) is 0.440. The molecule has 0 spiro atoms. The van der Waals surface area contributed by atoms with Gasteiger partial charge in [-0.15, -0.1) is 0 Å². The summed E-state index contributed by atoms with van der Waals surface area (Å²) in [7, 11) is -3.25. The van der Waals surface area contributed by atoms with Crippen LogP contribution in [0.15, 0.2) is 53.4 Å². The van der Waals surface area contributed by atoms with Gasteiger partial charge >= 0.3 is 6.09 Å². The molecule has 9 heteroatoms. The molecule has 3 rings (SSSR count). The van der Waals surface area contributed by atoms with Crippen LogP contribution in [0.25, 0.3) is 0 Å². The smallest absolute Gasteiger partial charge is 0.410 e. The number of hydrogen-bond acceptors (Lipinski definition) is 6. The van der Waals surface area contributed by atoms with Crippen LogP contribution in [-0.2, 0) is 25.8 Å². The normalized spacial score (nSPS) is 14.6. The van der Waals surface area contributed by atoms with Gasteiger partial charge in [0.05, 0.1) is 17.1 Å². The van der Waals surface area contributed by atoms with Crippen LogP contribution in [0.1, 0.15) is 33.3 Å². The number of anilines is 2. The van der Waals surface area contributed by atoms with E-state index in [0.717, 1.165) is 11.3 Å². The van der Waals surface area contributed by atoms with Crippen LogP contribution in [0.2, 0.25) is 0 Å². The van der Waals surface area contributed by atoms with Gasteiger partial charge in [0.1, 0.15) is 5.60 Å². The molecule has 0 bridgehead atoms. The maximum Gasteiger partial charge on any atom is 0.410 e. The van der Waals surface area contributed by atoms with E-state index in [4.69, 9.17) is 4.74 Å². The molecule has 1 aliphatic rings. The number of piperazine rings is 1. The van der Waals surface area contributed by atoms with Crippen molar-refractivity contribution in [3.63, 3.8) is 0 Å². The van der Waals surface area contributed by atoms with Crippen molar-refractivity contribution in [1.29, 1.82) is 0 Å². The first-order chi connectivity index (χ1) is 16.0. The standard InChI is InChI=1S/C25H33N3O5S/c1-5-34(31,32)22-12-6-19(7-13-22)18-23(29)26-20-8-10-21(11-9-20)27-14-16-28(17-15-27)24(30)33-25(2,3)4/h6-13H,5,14-18H2,1-4H3,(H,26,29). The number of ether oxygens (including phenoxy) is 1. The molecule has 1 fully saturated rings. The Morgan fingerprint density at radius 2 is 1.53 bits per heavy atom. The van der Waals surface area contributed by atoms with Gasteiger partial charge in [-0.25, -0.2) is 13.2 Å². The molecule has 184 valence electrons. The van der Waals surface area contributed by atoms with Crippen molar-refractivity contribution in [2.24, 2.45) is 0 Å². The Labute approximate surface area is 201 Å². The second-order valence-electron chi connectivity index (χ2n) is 9.27. The molecular formula is C25H33N3O5S. The van der Waals surface area contributed by atoms with Gasteiger partial charge in [0.15, 0.2) is 9.84 Å². The maximum absolute atomic E-state index is 12.4. The fourth-order valence-electron chi connectivity index (χ4n) is 3.60. The van der Waals surface area contributed by atoms with Gasteiger partial charge in [0, 0.05) is 37.6 Å². The molecule has 2 aromatic rings. The monoisotopic (exact) mass is 487 g/mol. The molecule has 0 atom stereocenters. The summed E-state index contributed by atoms with van der Waals surface area (Å²) < 4.78 is 29.3. The summed E-state index contributed by atoms with van der Waals surface area (Å²) in [6.07, 6.45) is -0.132. The van der Waals surface area contributed by atoms with Crippen molar-refractivity contribution in [1.82, 2.24) is 4.90 Å². The molecule has 1 saturated heterocycles. The average Bonchev–Trinajstić information content (AvgIpc) is 2.79. The Kier molecular flexibility index (Phi) is 7.86. The molecule has 0 aromatic heterocycles. The lowest BCUT2D eigenvalue weighted by molar-refractivity contribution is -0.115. The molecular weight excluding hydrogens is 454 g/mol. The number of nitrogens with zero attached hydrogens (tertiary/aromatic N) is 2. The van der Waals surface area contributed by atoms with Crippen molar-refractivity contribution >= 4 is 33.2 Å². The van der Waals surface area contributed by atoms with Gasteiger partial charge in [-0.2, -0.15) is 0 Å². The van der Waals surface area contributed by atoms with Crippen LogP contribution >= 0.6 is 0 Å². The summed E-state index contributed by atoms with van der Waals surface area (Å²) in [4.78, 5) is 28.8. The van der Waals surface area contributed by atoms with E-state index in [-0.39, 0.29) is 29.1 Å². The van der Waals surface area contributed by atoms with E-state index in [0.29, 0.717) is 31.9 Å². The van der Waals surface area contributed by atoms with E-state index in [1.807, 2.05) is 45.0 Å². The van der Waals surface area contributed by atoms with E-state index in [9.17, 15) is 18.0 Å². The molecule has 0 saturated carbocycles. The van der Waals surface area contributed by atoms with E-state index < -0.39 is 15.4 Å². The molecule has 2 aromatic carbocycles. The molecule has 2 amide bonds. The fourth-order valence-corrected chi connectivity index (χ4v) is 4.49. The Balaban J connectivity index is 1.50. The molecule has 1 aliphatic heterocycles. The van der Waals surface area contributed by atoms with Gasteiger partial charge < -0.3 is 19.9 Å². The molecule has 0 radical (unpaired) electrons. The summed E-state index contributed by atoms with van der Waals surface area (Å²) in [6, 6.07) is 14.0. The van der Waals surface area contributed by atoms with Crippen molar-refractivity contribution in [2.45, 2.75) is 44.6 Å². The van der Waals surface area contributed by atoms with E-state index in [2.05, 4.69) is 10.2 Å². The largest absolute Gasteiger partial charge is 0.444 e. The summed E-state index contributed by atoms with van der Waals surface area (Å²) >= 11 is 0. The Bertz CT molecular complexity index is 1100. The maximum atomic E-state index is 12.4. The molecule has 8 nitrogen and oxygen atoms in total. The SMILES string of the molecule is CCS(=O)(=O)c1ccc(CC(=O)Nc2ccc(N3CCN(C(=O)OC(C)(C)C)CC3)cc2)cc1. The first kappa shape index (κ1) is 25.6. The van der Waals surface area contributed by atoms with E-state index >= 15 is 0 Å². The van der Waals surface area contributed by atoms with Gasteiger partial charge in [-0.05, 0) is 62.7 Å². The quantitative estimate of drug-likeness (QED) is 0.667. The zero-order valence-electron chi connectivity index (χ0n) is 20.2. The van der Waals surface area contributed by atoms with Crippen LogP contribution < -0.4 is 10.2 Å². The molecule has 1 heterocycles. The average molecular weight is 488 g/mol. The second kappa shape index (κ2) is 10.5. The highest BCUT2D eigenvalue weighted by Gasteiger charge is 2.26. The number of nitrogens with one attached hydrogen (secondary N) is 1. The zero-order valence-corrected chi connectivity index (χ0v) is 21.0. The number of benzene rings is 2. The van der Waals surface area contributed by atoms with E-state index in [1.165, 1.54) is 0 Å².